The summed E-state index contributed by atoms with van der Waals surface area (Å²) in [7, 11) is 21.9. The van der Waals surface area contributed by atoms with Crippen molar-refractivity contribution < 1.29 is 14.3 Å². The van der Waals surface area contributed by atoms with Crippen LogP contribution in [0.2, 0.25) is 0 Å². The van der Waals surface area contributed by atoms with E-state index in [1.165, 1.54) is 20.3 Å². The SMILES string of the molecule is COc1ccccc1C(=O)/C=C(/c1ccccc1OC)[Te](Cl)(Cl)Cl. The van der Waals surface area contributed by atoms with Gasteiger partial charge in [-0.1, -0.05) is 0 Å². The molecule has 2 aromatic rings. The molecule has 2 rings (SSSR count). The van der Waals surface area contributed by atoms with Crippen molar-refractivity contribution in [2.45, 2.75) is 0 Å². The predicted molar refractivity (Wildman–Crippen MR) is 102 cm³/mol. The topological polar surface area (TPSA) is 35.5 Å². The summed E-state index contributed by atoms with van der Waals surface area (Å²) in [6.07, 6.45) is 1.38. The monoisotopic (exact) mass is 502 g/mol. The van der Waals surface area contributed by atoms with Crippen molar-refractivity contribution >= 4 is 51.1 Å². The Balaban J connectivity index is 2.57. The standard InChI is InChI=1S/C17H15Cl3O3Te/c1-22-15-9-5-3-7-12(15)14(21)11-17(24(18,19)20)13-8-4-6-10-16(13)23-2/h3-11H,1-2H3/b17-11-. The Kier molecular flexibility index (Phi) is 6.86. The zero-order valence-corrected chi connectivity index (χ0v) is 17.6. The summed E-state index contributed by atoms with van der Waals surface area (Å²) in [5.74, 6) is 0.732. The van der Waals surface area contributed by atoms with Crippen LogP contribution in [-0.4, -0.2) is 34.8 Å². The normalized spacial score (nSPS) is 12.6. The van der Waals surface area contributed by atoms with E-state index in [9.17, 15) is 4.79 Å². The van der Waals surface area contributed by atoms with Crippen molar-refractivity contribution in [3.8, 4) is 11.5 Å². The molecule has 0 aliphatic rings. The minimum absolute atomic E-state index is 0.286. The molecular weight excluding hydrogens is 486 g/mol. The second-order valence-corrected chi connectivity index (χ2v) is 20.7. The number of para-hydroxylation sites is 2. The molecule has 0 aliphatic heterocycles. The Morgan fingerprint density at radius 1 is 0.875 bits per heavy atom. The van der Waals surface area contributed by atoms with Crippen LogP contribution in [0.5, 0.6) is 11.5 Å². The molecule has 0 heterocycles. The van der Waals surface area contributed by atoms with Gasteiger partial charge in [-0.2, -0.15) is 0 Å². The molecule has 0 amide bonds. The van der Waals surface area contributed by atoms with Gasteiger partial charge in [-0.05, 0) is 0 Å². The predicted octanol–water partition coefficient (Wildman–Crippen LogP) is 5.16. The Hall–Kier alpha value is -0.890. The number of rotatable bonds is 6. The average Bonchev–Trinajstić information content (AvgIpc) is 2.58. The average molecular weight is 501 g/mol. The fourth-order valence-corrected chi connectivity index (χ4v) is 6.61. The molecule has 0 spiro atoms. The van der Waals surface area contributed by atoms with Crippen molar-refractivity contribution in [2.24, 2.45) is 0 Å². The third-order valence-electron chi connectivity index (χ3n) is 3.26. The molecule has 2 aromatic carbocycles. The summed E-state index contributed by atoms with van der Waals surface area (Å²) in [6, 6.07) is 14.1. The number of carbonyl (C=O) groups is 1. The van der Waals surface area contributed by atoms with E-state index in [0.29, 0.717) is 26.2 Å². The Morgan fingerprint density at radius 3 is 1.83 bits per heavy atom. The van der Waals surface area contributed by atoms with Gasteiger partial charge in [0.05, 0.1) is 0 Å². The Labute approximate surface area is 156 Å². The van der Waals surface area contributed by atoms with Gasteiger partial charge in [0.2, 0.25) is 0 Å². The molecule has 7 heteroatoms. The van der Waals surface area contributed by atoms with E-state index < -0.39 is 14.8 Å². The molecule has 24 heavy (non-hydrogen) atoms. The summed E-state index contributed by atoms with van der Waals surface area (Å²) in [6.45, 7) is 0. The van der Waals surface area contributed by atoms with Crippen LogP contribution in [0.1, 0.15) is 15.9 Å². The number of hydrogen-bond acceptors (Lipinski definition) is 3. The van der Waals surface area contributed by atoms with Crippen LogP contribution in [0.4, 0.5) is 0 Å². The number of carbonyl (C=O) groups excluding carboxylic acids is 1. The van der Waals surface area contributed by atoms with Crippen LogP contribution in [0.3, 0.4) is 0 Å². The van der Waals surface area contributed by atoms with Gasteiger partial charge in [0.1, 0.15) is 0 Å². The molecule has 0 atom stereocenters. The van der Waals surface area contributed by atoms with Crippen LogP contribution in [0.15, 0.2) is 54.6 Å². The van der Waals surface area contributed by atoms with E-state index in [1.807, 2.05) is 6.07 Å². The molecule has 0 aliphatic carbocycles. The first-order valence-corrected chi connectivity index (χ1v) is 16.8. The summed E-state index contributed by atoms with van der Waals surface area (Å²) >= 11 is -3.94. The molecule has 0 radical (unpaired) electrons. The first kappa shape index (κ1) is 19.4. The molecule has 3 nitrogen and oxygen atoms in total. The summed E-state index contributed by atoms with van der Waals surface area (Å²) in [4.78, 5) is 12.7. The minimum atomic E-state index is -3.94. The van der Waals surface area contributed by atoms with Crippen molar-refractivity contribution in [3.05, 3.63) is 65.7 Å². The van der Waals surface area contributed by atoms with Crippen LogP contribution < -0.4 is 9.47 Å². The first-order valence-electron chi connectivity index (χ1n) is 6.83. The first-order chi connectivity index (χ1) is 11.4. The summed E-state index contributed by atoms with van der Waals surface area (Å²) in [5.41, 5.74) is 1.02. The van der Waals surface area contributed by atoms with E-state index >= 15 is 0 Å². The van der Waals surface area contributed by atoms with Crippen LogP contribution >= 0.6 is 26.9 Å². The van der Waals surface area contributed by atoms with Crippen LogP contribution in [0, 0.1) is 0 Å². The third-order valence-corrected chi connectivity index (χ3v) is 8.99. The molecule has 0 N–H and O–H groups in total. The van der Waals surface area contributed by atoms with E-state index in [0.717, 1.165) is 0 Å². The van der Waals surface area contributed by atoms with Gasteiger partial charge in [-0.25, -0.2) is 0 Å². The number of ether oxygens (including phenoxy) is 2. The summed E-state index contributed by atoms with van der Waals surface area (Å²) in [5, 5.41) is 0. The van der Waals surface area contributed by atoms with E-state index in [1.54, 1.807) is 42.5 Å². The van der Waals surface area contributed by atoms with E-state index in [4.69, 9.17) is 36.4 Å². The maximum absolute atomic E-state index is 12.7. The van der Waals surface area contributed by atoms with Crippen molar-refractivity contribution in [1.29, 1.82) is 0 Å². The second-order valence-electron chi connectivity index (χ2n) is 4.68. The molecule has 0 fully saturated rings. The molecular formula is C17H15Cl3O3Te. The number of methoxy groups -OCH3 is 2. The number of halogens is 3. The molecule has 0 bridgehead atoms. The quantitative estimate of drug-likeness (QED) is 0.312. The Bertz CT molecular complexity index is 770. The zero-order chi connectivity index (χ0) is 17.7. The fraction of sp³-hybridized carbons (Fsp3) is 0.118. The second kappa shape index (κ2) is 8.47. The van der Waals surface area contributed by atoms with Gasteiger partial charge < -0.3 is 0 Å². The number of ketones is 1. The zero-order valence-electron chi connectivity index (χ0n) is 13.0. The molecule has 0 unspecified atom stereocenters. The van der Waals surface area contributed by atoms with Crippen molar-refractivity contribution in [2.75, 3.05) is 14.2 Å². The number of hydrogen-bond donors (Lipinski definition) is 0. The van der Waals surface area contributed by atoms with Gasteiger partial charge in [0.25, 0.3) is 0 Å². The van der Waals surface area contributed by atoms with E-state index in [-0.39, 0.29) is 5.78 Å². The van der Waals surface area contributed by atoms with Crippen molar-refractivity contribution in [3.63, 3.8) is 0 Å². The molecule has 128 valence electrons. The molecule has 0 saturated heterocycles. The van der Waals surface area contributed by atoms with Crippen LogP contribution in [0.25, 0.3) is 3.62 Å². The van der Waals surface area contributed by atoms with Crippen molar-refractivity contribution in [1.82, 2.24) is 0 Å². The molecule has 0 aromatic heterocycles. The van der Waals surface area contributed by atoms with Crippen LogP contribution in [-0.2, 0) is 0 Å². The number of benzene rings is 2. The number of allylic oxidation sites excluding steroid dienone is 1. The summed E-state index contributed by atoms with van der Waals surface area (Å²) < 4.78 is 11.0. The molecule has 0 saturated carbocycles. The van der Waals surface area contributed by atoms with Gasteiger partial charge >= 0.3 is 157 Å². The maximum atomic E-state index is 12.7. The van der Waals surface area contributed by atoms with E-state index in [2.05, 4.69) is 0 Å². The van der Waals surface area contributed by atoms with Gasteiger partial charge in [0.15, 0.2) is 0 Å². The van der Waals surface area contributed by atoms with Gasteiger partial charge in [0, 0.05) is 0 Å². The fourth-order valence-electron chi connectivity index (χ4n) is 2.16. The third kappa shape index (κ3) is 4.59. The van der Waals surface area contributed by atoms with Gasteiger partial charge in [-0.3, -0.25) is 0 Å². The van der Waals surface area contributed by atoms with Gasteiger partial charge in [-0.15, -0.1) is 0 Å². The Morgan fingerprint density at radius 2 is 1.33 bits per heavy atom.